The number of hydrogen-bond donors (Lipinski definition) is 1. The summed E-state index contributed by atoms with van der Waals surface area (Å²) in [6, 6.07) is 15.5. The maximum atomic E-state index is 13.1. The number of morpholine rings is 1. The predicted octanol–water partition coefficient (Wildman–Crippen LogP) is 3.16. The average molecular weight is 430 g/mol. The standard InChI is InChI=1S/C20H19N3O4S2/c24-19(23-11-12-27-14-18(23)15-4-2-1-3-5-15)16-6-8-17(9-7-16)29(25,26)22-20-21-10-13-28-20/h1-10,13,18H,11-12,14H2,(H,21,22)/t18-/m0/s1. The van der Waals surface area contributed by atoms with Crippen molar-refractivity contribution in [3.63, 3.8) is 0 Å². The lowest BCUT2D eigenvalue weighted by atomic mass is 10.0. The maximum Gasteiger partial charge on any atom is 0.263 e. The van der Waals surface area contributed by atoms with Gasteiger partial charge in [0.25, 0.3) is 15.9 Å². The van der Waals surface area contributed by atoms with Crippen LogP contribution in [0.1, 0.15) is 22.0 Å². The third-order valence-corrected chi connectivity index (χ3v) is 6.81. The van der Waals surface area contributed by atoms with Gasteiger partial charge in [0.15, 0.2) is 5.13 Å². The highest BCUT2D eigenvalue weighted by molar-refractivity contribution is 7.93. The van der Waals surface area contributed by atoms with Crippen LogP contribution in [0.2, 0.25) is 0 Å². The summed E-state index contributed by atoms with van der Waals surface area (Å²) in [7, 11) is -3.75. The van der Waals surface area contributed by atoms with E-state index in [9.17, 15) is 13.2 Å². The second-order valence-corrected chi connectivity index (χ2v) is 9.04. The number of anilines is 1. The molecule has 0 saturated carbocycles. The summed E-state index contributed by atoms with van der Waals surface area (Å²) in [5.41, 5.74) is 1.44. The van der Waals surface area contributed by atoms with Gasteiger partial charge in [0.2, 0.25) is 0 Å². The number of ether oxygens (including phenoxy) is 1. The van der Waals surface area contributed by atoms with E-state index < -0.39 is 10.0 Å². The Morgan fingerprint density at radius 1 is 1.14 bits per heavy atom. The molecule has 0 radical (unpaired) electrons. The Morgan fingerprint density at radius 2 is 1.90 bits per heavy atom. The lowest BCUT2D eigenvalue weighted by Gasteiger charge is -2.36. The fourth-order valence-electron chi connectivity index (χ4n) is 3.19. The van der Waals surface area contributed by atoms with E-state index in [2.05, 4.69) is 9.71 Å². The molecular weight excluding hydrogens is 410 g/mol. The van der Waals surface area contributed by atoms with Crippen LogP contribution in [0.15, 0.2) is 71.1 Å². The largest absolute Gasteiger partial charge is 0.377 e. The summed E-state index contributed by atoms with van der Waals surface area (Å²) in [4.78, 5) is 18.9. The van der Waals surface area contributed by atoms with Crippen molar-refractivity contribution in [3.05, 3.63) is 77.3 Å². The van der Waals surface area contributed by atoms with Crippen molar-refractivity contribution in [1.29, 1.82) is 0 Å². The fourth-order valence-corrected chi connectivity index (χ4v) is 4.98. The Hall–Kier alpha value is -2.75. The van der Waals surface area contributed by atoms with E-state index in [1.807, 2.05) is 30.3 Å². The second-order valence-electron chi connectivity index (χ2n) is 6.47. The van der Waals surface area contributed by atoms with Gasteiger partial charge >= 0.3 is 0 Å². The zero-order valence-corrected chi connectivity index (χ0v) is 17.0. The van der Waals surface area contributed by atoms with Crippen molar-refractivity contribution >= 4 is 32.4 Å². The van der Waals surface area contributed by atoms with E-state index in [4.69, 9.17) is 4.74 Å². The third-order valence-electron chi connectivity index (χ3n) is 4.64. The van der Waals surface area contributed by atoms with Gasteiger partial charge in [0.05, 0.1) is 24.2 Å². The number of rotatable bonds is 5. The lowest BCUT2D eigenvalue weighted by molar-refractivity contribution is -0.00270. The first-order valence-electron chi connectivity index (χ1n) is 9.01. The van der Waals surface area contributed by atoms with Gasteiger partial charge in [0, 0.05) is 23.7 Å². The first kappa shape index (κ1) is 19.6. The van der Waals surface area contributed by atoms with Crippen LogP contribution in [0.25, 0.3) is 0 Å². The zero-order chi connectivity index (χ0) is 20.3. The van der Waals surface area contributed by atoms with Crippen molar-refractivity contribution in [3.8, 4) is 0 Å². The number of nitrogens with zero attached hydrogens (tertiary/aromatic N) is 2. The first-order chi connectivity index (χ1) is 14.0. The lowest BCUT2D eigenvalue weighted by Crippen LogP contribution is -2.43. The Labute approximate surface area is 173 Å². The summed E-state index contributed by atoms with van der Waals surface area (Å²) in [6.07, 6.45) is 1.52. The minimum Gasteiger partial charge on any atom is -0.377 e. The molecule has 1 fully saturated rings. The van der Waals surface area contributed by atoms with Crippen molar-refractivity contribution in [2.24, 2.45) is 0 Å². The van der Waals surface area contributed by atoms with Gasteiger partial charge in [-0.3, -0.25) is 9.52 Å². The van der Waals surface area contributed by atoms with E-state index in [-0.39, 0.29) is 16.8 Å². The third kappa shape index (κ3) is 4.31. The molecule has 150 valence electrons. The molecule has 1 saturated heterocycles. The highest BCUT2D eigenvalue weighted by Gasteiger charge is 2.29. The van der Waals surface area contributed by atoms with Gasteiger partial charge in [-0.15, -0.1) is 11.3 Å². The molecule has 3 aromatic rings. The normalized spacial score (nSPS) is 17.1. The fraction of sp³-hybridized carbons (Fsp3) is 0.200. The minimum absolute atomic E-state index is 0.0748. The molecule has 1 amide bonds. The number of nitrogens with one attached hydrogen (secondary N) is 1. The Kier molecular flexibility index (Phi) is 5.61. The van der Waals surface area contributed by atoms with Gasteiger partial charge in [-0.05, 0) is 29.8 Å². The van der Waals surface area contributed by atoms with E-state index in [1.54, 1.807) is 10.3 Å². The Morgan fingerprint density at radius 3 is 2.59 bits per heavy atom. The van der Waals surface area contributed by atoms with Crippen LogP contribution in [0, 0.1) is 0 Å². The number of benzene rings is 2. The molecular formula is C20H19N3O4S2. The van der Waals surface area contributed by atoms with Gasteiger partial charge < -0.3 is 9.64 Å². The summed E-state index contributed by atoms with van der Waals surface area (Å²) < 4.78 is 32.9. The van der Waals surface area contributed by atoms with E-state index in [0.717, 1.165) is 5.56 Å². The van der Waals surface area contributed by atoms with Crippen molar-refractivity contribution in [1.82, 2.24) is 9.88 Å². The summed E-state index contributed by atoms with van der Waals surface area (Å²) >= 11 is 1.20. The molecule has 2 heterocycles. The Bertz CT molecular complexity index is 1070. The number of amides is 1. The van der Waals surface area contributed by atoms with Gasteiger partial charge in [0.1, 0.15) is 0 Å². The SMILES string of the molecule is O=C(c1ccc(S(=O)(=O)Nc2nccs2)cc1)N1CCOC[C@H]1c1ccccc1. The van der Waals surface area contributed by atoms with E-state index in [0.29, 0.717) is 30.5 Å². The molecule has 1 aliphatic rings. The number of hydrogen-bond acceptors (Lipinski definition) is 6. The highest BCUT2D eigenvalue weighted by Crippen LogP contribution is 2.26. The molecule has 0 spiro atoms. The molecule has 0 unspecified atom stereocenters. The number of aromatic nitrogens is 1. The van der Waals surface area contributed by atoms with E-state index >= 15 is 0 Å². The van der Waals surface area contributed by atoms with Crippen LogP contribution >= 0.6 is 11.3 Å². The van der Waals surface area contributed by atoms with Gasteiger partial charge in [-0.1, -0.05) is 30.3 Å². The number of sulfonamides is 1. The average Bonchev–Trinajstić information content (AvgIpc) is 3.26. The second kappa shape index (κ2) is 8.32. The van der Waals surface area contributed by atoms with Crippen LogP contribution < -0.4 is 4.72 Å². The molecule has 0 aliphatic carbocycles. The summed E-state index contributed by atoms with van der Waals surface area (Å²) in [5.74, 6) is -0.154. The van der Waals surface area contributed by atoms with Gasteiger partial charge in [-0.2, -0.15) is 0 Å². The van der Waals surface area contributed by atoms with Crippen molar-refractivity contribution < 1.29 is 17.9 Å². The summed E-state index contributed by atoms with van der Waals surface area (Å²) in [5, 5.41) is 1.98. The molecule has 4 rings (SSSR count). The zero-order valence-electron chi connectivity index (χ0n) is 15.4. The minimum atomic E-state index is -3.75. The number of thiazole rings is 1. The monoisotopic (exact) mass is 429 g/mol. The van der Waals surface area contributed by atoms with Crippen LogP contribution in [0.3, 0.4) is 0 Å². The summed E-state index contributed by atoms with van der Waals surface area (Å²) in [6.45, 7) is 1.38. The first-order valence-corrected chi connectivity index (χ1v) is 11.4. The molecule has 29 heavy (non-hydrogen) atoms. The number of carbonyl (C=O) groups is 1. The quantitative estimate of drug-likeness (QED) is 0.673. The van der Waals surface area contributed by atoms with Crippen molar-refractivity contribution in [2.45, 2.75) is 10.9 Å². The van der Waals surface area contributed by atoms with E-state index in [1.165, 1.54) is 41.8 Å². The van der Waals surface area contributed by atoms with Gasteiger partial charge in [-0.25, -0.2) is 13.4 Å². The predicted molar refractivity (Wildman–Crippen MR) is 110 cm³/mol. The highest BCUT2D eigenvalue weighted by atomic mass is 32.2. The molecule has 2 aromatic carbocycles. The number of carbonyl (C=O) groups excluding carboxylic acids is 1. The van der Waals surface area contributed by atoms with Crippen molar-refractivity contribution in [2.75, 3.05) is 24.5 Å². The molecule has 1 N–H and O–H groups in total. The Balaban J connectivity index is 1.54. The maximum absolute atomic E-state index is 13.1. The van der Waals surface area contributed by atoms with Crippen LogP contribution in [-0.2, 0) is 14.8 Å². The van der Waals surface area contributed by atoms with Crippen LogP contribution in [0.5, 0.6) is 0 Å². The molecule has 7 nitrogen and oxygen atoms in total. The van der Waals surface area contributed by atoms with Crippen LogP contribution in [0.4, 0.5) is 5.13 Å². The molecule has 0 bridgehead atoms. The molecule has 1 aromatic heterocycles. The molecule has 9 heteroatoms. The molecule has 1 atom stereocenters. The van der Waals surface area contributed by atoms with Crippen LogP contribution in [-0.4, -0.2) is 44.0 Å². The smallest absolute Gasteiger partial charge is 0.263 e. The molecule has 1 aliphatic heterocycles. The topological polar surface area (TPSA) is 88.6 Å².